The average molecular weight is 303 g/mol. The van der Waals surface area contributed by atoms with Crippen molar-refractivity contribution in [2.75, 3.05) is 16.8 Å². The van der Waals surface area contributed by atoms with Crippen LogP contribution in [0.15, 0.2) is 24.3 Å². The molecular weight excluding hydrogens is 288 g/mol. The second kappa shape index (κ2) is 5.38. The minimum absolute atomic E-state index is 0.0933. The van der Waals surface area contributed by atoms with Crippen molar-refractivity contribution in [2.24, 2.45) is 0 Å². The first-order valence-corrected chi connectivity index (χ1v) is 8.10. The lowest BCUT2D eigenvalue weighted by Gasteiger charge is -2.15. The van der Waals surface area contributed by atoms with Gasteiger partial charge in [-0.1, -0.05) is 12.1 Å². The van der Waals surface area contributed by atoms with Crippen LogP contribution in [0, 0.1) is 6.92 Å². The van der Waals surface area contributed by atoms with Crippen molar-refractivity contribution in [2.45, 2.75) is 18.3 Å². The molecule has 0 radical (unpaired) electrons. The van der Waals surface area contributed by atoms with Crippen LogP contribution in [0.2, 0.25) is 0 Å². The Morgan fingerprint density at radius 3 is 2.68 bits per heavy atom. The van der Waals surface area contributed by atoms with Crippen molar-refractivity contribution in [3.05, 3.63) is 29.8 Å². The molecule has 104 valence electrons. The van der Waals surface area contributed by atoms with Crippen molar-refractivity contribution >= 4 is 33.2 Å². The van der Waals surface area contributed by atoms with Crippen molar-refractivity contribution in [3.8, 4) is 0 Å². The summed E-state index contributed by atoms with van der Waals surface area (Å²) < 4.78 is 22.8. The van der Waals surface area contributed by atoms with Gasteiger partial charge in [-0.25, -0.2) is 13.2 Å². The van der Waals surface area contributed by atoms with E-state index >= 15 is 0 Å². The van der Waals surface area contributed by atoms with Crippen LogP contribution in [0.25, 0.3) is 0 Å². The monoisotopic (exact) mass is 302 g/mol. The molecule has 1 aliphatic rings. The molecule has 2 amide bonds. The van der Waals surface area contributed by atoms with Crippen LogP contribution < -0.4 is 10.6 Å². The Hall–Kier alpha value is -1.27. The molecule has 1 aromatic carbocycles. The molecule has 0 bridgehead atoms. The van der Waals surface area contributed by atoms with Gasteiger partial charge in [0.2, 0.25) is 0 Å². The molecular formula is C12H15ClN2O3S. The number of nitrogens with one attached hydrogen (secondary N) is 2. The van der Waals surface area contributed by atoms with Gasteiger partial charge >= 0.3 is 6.03 Å². The third-order valence-electron chi connectivity index (χ3n) is 2.88. The van der Waals surface area contributed by atoms with E-state index in [2.05, 4.69) is 10.6 Å². The van der Waals surface area contributed by atoms with Crippen LogP contribution in [0.3, 0.4) is 0 Å². The third kappa shape index (κ3) is 3.84. The summed E-state index contributed by atoms with van der Waals surface area (Å²) in [6.45, 7) is 1.92. The molecule has 5 nitrogen and oxygen atoms in total. The number of amides is 2. The van der Waals surface area contributed by atoms with Crippen LogP contribution in [0.1, 0.15) is 5.56 Å². The van der Waals surface area contributed by atoms with Crippen LogP contribution in [0.5, 0.6) is 0 Å². The minimum Gasteiger partial charge on any atom is -0.333 e. The summed E-state index contributed by atoms with van der Waals surface area (Å²) in [6.07, 6.45) is 0. The van der Waals surface area contributed by atoms with Gasteiger partial charge in [0.15, 0.2) is 9.84 Å². The number of carbonyl (C=O) groups is 1. The molecule has 2 N–H and O–H groups in total. The predicted octanol–water partition coefficient (Wildman–Crippen LogP) is 1.52. The highest BCUT2D eigenvalue weighted by atomic mass is 35.5. The fourth-order valence-electron chi connectivity index (χ4n) is 2.00. The molecule has 2 atom stereocenters. The highest BCUT2D eigenvalue weighted by Crippen LogP contribution is 2.18. The van der Waals surface area contributed by atoms with Crippen LogP contribution in [0.4, 0.5) is 10.5 Å². The largest absolute Gasteiger partial charge is 0.333 e. The second-order valence-electron chi connectivity index (χ2n) is 4.67. The fourth-order valence-corrected chi connectivity index (χ4v) is 4.55. The number of aryl methyl sites for hydroxylation is 1. The number of alkyl halides is 1. The molecule has 1 aromatic rings. The molecule has 2 rings (SSSR count). The number of urea groups is 1. The molecule has 0 aliphatic carbocycles. The van der Waals surface area contributed by atoms with Gasteiger partial charge in [-0.3, -0.25) is 0 Å². The van der Waals surface area contributed by atoms with Crippen LogP contribution >= 0.6 is 11.6 Å². The van der Waals surface area contributed by atoms with Gasteiger partial charge < -0.3 is 10.6 Å². The van der Waals surface area contributed by atoms with Crippen molar-refractivity contribution in [1.82, 2.24) is 5.32 Å². The van der Waals surface area contributed by atoms with Gasteiger partial charge in [-0.05, 0) is 24.6 Å². The number of anilines is 1. The first kappa shape index (κ1) is 14.1. The standard InChI is InChI=1S/C12H15ClN2O3S/c1-8-3-2-4-9(5-8)14-12(16)15-11-7-19(17,18)6-10(11)13/h2-5,10-11H,6-7H2,1H3,(H2,14,15,16). The fraction of sp³-hybridized carbons (Fsp3) is 0.417. The Morgan fingerprint density at radius 1 is 1.37 bits per heavy atom. The molecule has 0 aromatic heterocycles. The smallest absolute Gasteiger partial charge is 0.319 e. The molecule has 0 spiro atoms. The number of hydrogen-bond acceptors (Lipinski definition) is 3. The number of hydrogen-bond donors (Lipinski definition) is 2. The Kier molecular flexibility index (Phi) is 4.01. The van der Waals surface area contributed by atoms with Gasteiger partial charge in [0, 0.05) is 5.69 Å². The molecule has 2 unspecified atom stereocenters. The maximum Gasteiger partial charge on any atom is 0.319 e. The Labute approximate surface area is 117 Å². The van der Waals surface area contributed by atoms with Gasteiger partial charge in [-0.15, -0.1) is 11.6 Å². The highest BCUT2D eigenvalue weighted by molar-refractivity contribution is 7.91. The van der Waals surface area contributed by atoms with E-state index in [1.54, 1.807) is 6.07 Å². The summed E-state index contributed by atoms with van der Waals surface area (Å²) in [5, 5.41) is 4.67. The summed E-state index contributed by atoms with van der Waals surface area (Å²) in [4.78, 5) is 11.8. The first-order chi connectivity index (χ1) is 8.85. The topological polar surface area (TPSA) is 75.3 Å². The van der Waals surface area contributed by atoms with Crippen molar-refractivity contribution in [1.29, 1.82) is 0 Å². The number of benzene rings is 1. The van der Waals surface area contributed by atoms with E-state index in [4.69, 9.17) is 11.6 Å². The van der Waals surface area contributed by atoms with E-state index in [9.17, 15) is 13.2 Å². The van der Waals surface area contributed by atoms with E-state index in [-0.39, 0.29) is 11.5 Å². The van der Waals surface area contributed by atoms with Gasteiger partial charge in [0.25, 0.3) is 0 Å². The normalized spacial score (nSPS) is 24.9. The molecule has 7 heteroatoms. The average Bonchev–Trinajstić information content (AvgIpc) is 2.51. The van der Waals surface area contributed by atoms with Gasteiger partial charge in [0.05, 0.1) is 22.9 Å². The van der Waals surface area contributed by atoms with Gasteiger partial charge in [0.1, 0.15) is 0 Å². The lowest BCUT2D eigenvalue weighted by atomic mass is 10.2. The molecule has 0 saturated carbocycles. The highest BCUT2D eigenvalue weighted by Gasteiger charge is 2.37. The number of sulfone groups is 1. The van der Waals surface area contributed by atoms with Crippen molar-refractivity contribution < 1.29 is 13.2 Å². The summed E-state index contributed by atoms with van der Waals surface area (Å²) in [5.74, 6) is -0.202. The summed E-state index contributed by atoms with van der Waals surface area (Å²) in [7, 11) is -3.14. The third-order valence-corrected chi connectivity index (χ3v) is 5.25. The maximum atomic E-state index is 11.8. The lowest BCUT2D eigenvalue weighted by molar-refractivity contribution is 0.249. The number of halogens is 1. The van der Waals surface area contributed by atoms with Crippen molar-refractivity contribution in [3.63, 3.8) is 0 Å². The molecule has 1 saturated heterocycles. The van der Waals surface area contributed by atoms with Crippen LogP contribution in [-0.4, -0.2) is 37.4 Å². The first-order valence-electron chi connectivity index (χ1n) is 5.84. The van der Waals surface area contributed by atoms with E-state index in [0.717, 1.165) is 5.56 Å². The van der Waals surface area contributed by atoms with E-state index in [1.807, 2.05) is 25.1 Å². The Balaban J connectivity index is 1.95. The van der Waals surface area contributed by atoms with Gasteiger partial charge in [-0.2, -0.15) is 0 Å². The number of carbonyl (C=O) groups excluding carboxylic acids is 1. The quantitative estimate of drug-likeness (QED) is 0.813. The predicted molar refractivity (Wildman–Crippen MR) is 75.4 cm³/mol. The van der Waals surface area contributed by atoms with E-state index < -0.39 is 27.3 Å². The van der Waals surface area contributed by atoms with E-state index in [0.29, 0.717) is 5.69 Å². The van der Waals surface area contributed by atoms with E-state index in [1.165, 1.54) is 0 Å². The Morgan fingerprint density at radius 2 is 2.11 bits per heavy atom. The zero-order valence-electron chi connectivity index (χ0n) is 10.4. The summed E-state index contributed by atoms with van der Waals surface area (Å²) in [6, 6.07) is 6.34. The Bertz CT molecular complexity index is 588. The molecule has 1 heterocycles. The maximum absolute atomic E-state index is 11.8. The molecule has 19 heavy (non-hydrogen) atoms. The summed E-state index contributed by atoms with van der Waals surface area (Å²) in [5.41, 5.74) is 1.68. The SMILES string of the molecule is Cc1cccc(NC(=O)NC2CS(=O)(=O)CC2Cl)c1. The molecule has 1 fully saturated rings. The second-order valence-corrected chi connectivity index (χ2v) is 7.38. The zero-order valence-corrected chi connectivity index (χ0v) is 12.0. The minimum atomic E-state index is -3.14. The lowest BCUT2D eigenvalue weighted by Crippen LogP contribution is -2.42. The number of rotatable bonds is 2. The summed E-state index contributed by atoms with van der Waals surface area (Å²) >= 11 is 5.91. The zero-order chi connectivity index (χ0) is 14.0. The molecule has 1 aliphatic heterocycles. The van der Waals surface area contributed by atoms with Crippen LogP contribution in [-0.2, 0) is 9.84 Å².